The van der Waals surface area contributed by atoms with E-state index >= 15 is 0 Å². The highest BCUT2D eigenvalue weighted by molar-refractivity contribution is 8.18. The lowest BCUT2D eigenvalue weighted by molar-refractivity contribution is -0.123. The fraction of sp³-hybridized carbons (Fsp3) is 0.0588. The van der Waals surface area contributed by atoms with E-state index in [0.29, 0.717) is 16.0 Å². The van der Waals surface area contributed by atoms with Gasteiger partial charge in [0.2, 0.25) is 0 Å². The summed E-state index contributed by atoms with van der Waals surface area (Å²) in [6.45, 7) is 0.0993. The molecule has 1 saturated heterocycles. The quantitative estimate of drug-likeness (QED) is 0.812. The van der Waals surface area contributed by atoms with E-state index in [2.05, 4.69) is 11.1 Å². The molecular weight excluding hydrogens is 310 g/mol. The van der Waals surface area contributed by atoms with Crippen LogP contribution >= 0.6 is 11.8 Å². The highest BCUT2D eigenvalue weighted by Gasteiger charge is 2.35. The lowest BCUT2D eigenvalue weighted by Gasteiger charge is -2.13. The van der Waals surface area contributed by atoms with Crippen molar-refractivity contribution in [2.45, 2.75) is 6.54 Å². The van der Waals surface area contributed by atoms with E-state index in [1.807, 2.05) is 0 Å². The molecule has 0 aliphatic carbocycles. The highest BCUT2D eigenvalue weighted by Crippen LogP contribution is 2.33. The maximum Gasteiger partial charge on any atom is 0.293 e. The number of imide groups is 1. The molecule has 0 radical (unpaired) electrons. The molecule has 0 unspecified atom stereocenters. The van der Waals surface area contributed by atoms with E-state index in [0.717, 1.165) is 22.2 Å². The summed E-state index contributed by atoms with van der Waals surface area (Å²) in [4.78, 5) is 30.0. The van der Waals surface area contributed by atoms with Gasteiger partial charge in [0, 0.05) is 12.4 Å². The average molecular weight is 321 g/mol. The number of carbonyl (C=O) groups excluding carboxylic acids is 2. The zero-order valence-electron chi connectivity index (χ0n) is 12.0. The zero-order chi connectivity index (χ0) is 16.2. The summed E-state index contributed by atoms with van der Waals surface area (Å²) in [5.41, 5.74) is 1.93. The smallest absolute Gasteiger partial charge is 0.268 e. The van der Waals surface area contributed by atoms with Crippen molar-refractivity contribution in [1.82, 2.24) is 9.88 Å². The standard InChI is InChI=1S/C17H11N3O2S/c18-10-13-3-1-2-4-14(13)11-20-16(21)15(23-17(20)22)9-12-5-7-19-8-6-12/h1-9H,11H2/b15-9+. The number of aromatic nitrogens is 1. The molecule has 0 spiro atoms. The van der Waals surface area contributed by atoms with Crippen LogP contribution in [0.1, 0.15) is 16.7 Å². The molecule has 6 heteroatoms. The van der Waals surface area contributed by atoms with Crippen molar-refractivity contribution in [2.75, 3.05) is 0 Å². The Labute approximate surface area is 137 Å². The maximum atomic E-state index is 12.4. The van der Waals surface area contributed by atoms with E-state index in [1.165, 1.54) is 0 Å². The van der Waals surface area contributed by atoms with Crippen molar-refractivity contribution >= 4 is 29.0 Å². The van der Waals surface area contributed by atoms with Crippen molar-refractivity contribution in [3.05, 3.63) is 70.4 Å². The van der Waals surface area contributed by atoms with Gasteiger partial charge in [0.15, 0.2) is 0 Å². The fourth-order valence-corrected chi connectivity index (χ4v) is 3.02. The molecule has 1 aromatic heterocycles. The van der Waals surface area contributed by atoms with Crippen molar-refractivity contribution < 1.29 is 9.59 Å². The summed E-state index contributed by atoms with van der Waals surface area (Å²) in [6, 6.07) is 12.5. The zero-order valence-corrected chi connectivity index (χ0v) is 12.8. The van der Waals surface area contributed by atoms with E-state index in [9.17, 15) is 9.59 Å². The Bertz CT molecular complexity index is 840. The van der Waals surface area contributed by atoms with Crippen molar-refractivity contribution in [1.29, 1.82) is 5.26 Å². The first kappa shape index (κ1) is 15.0. The number of nitrogens with zero attached hydrogens (tertiary/aromatic N) is 3. The molecule has 112 valence electrons. The van der Waals surface area contributed by atoms with Crippen LogP contribution < -0.4 is 0 Å². The molecule has 1 aliphatic rings. The van der Waals surface area contributed by atoms with Gasteiger partial charge in [-0.3, -0.25) is 19.5 Å². The van der Waals surface area contributed by atoms with Gasteiger partial charge in [-0.15, -0.1) is 0 Å². The summed E-state index contributed by atoms with van der Waals surface area (Å²) >= 11 is 0.905. The molecule has 1 aromatic carbocycles. The van der Waals surface area contributed by atoms with E-state index < -0.39 is 0 Å². The Kier molecular flexibility index (Phi) is 4.22. The van der Waals surface area contributed by atoms with Gasteiger partial charge in [-0.2, -0.15) is 5.26 Å². The number of nitriles is 1. The van der Waals surface area contributed by atoms with Gasteiger partial charge < -0.3 is 0 Å². The first-order valence-electron chi connectivity index (χ1n) is 6.82. The third kappa shape index (κ3) is 3.15. The van der Waals surface area contributed by atoms with Gasteiger partial charge in [-0.25, -0.2) is 0 Å². The third-order valence-corrected chi connectivity index (χ3v) is 4.25. The number of carbonyl (C=O) groups is 2. The minimum Gasteiger partial charge on any atom is -0.268 e. The molecule has 1 aliphatic heterocycles. The summed E-state index contributed by atoms with van der Waals surface area (Å²) in [5.74, 6) is -0.343. The Hall–Kier alpha value is -2.91. The topological polar surface area (TPSA) is 74.1 Å². The predicted octanol–water partition coefficient (Wildman–Crippen LogP) is 3.19. The number of hydrogen-bond donors (Lipinski definition) is 0. The Morgan fingerprint density at radius 2 is 1.91 bits per heavy atom. The van der Waals surface area contributed by atoms with Crippen LogP contribution in [-0.4, -0.2) is 21.0 Å². The summed E-state index contributed by atoms with van der Waals surface area (Å²) < 4.78 is 0. The third-order valence-electron chi connectivity index (χ3n) is 3.34. The van der Waals surface area contributed by atoms with E-state index in [4.69, 9.17) is 5.26 Å². The summed E-state index contributed by atoms with van der Waals surface area (Å²) in [6.07, 6.45) is 4.92. The fourth-order valence-electron chi connectivity index (χ4n) is 2.18. The second-order valence-electron chi connectivity index (χ2n) is 4.82. The largest absolute Gasteiger partial charge is 0.293 e. The molecule has 0 saturated carbocycles. The van der Waals surface area contributed by atoms with Gasteiger partial charge in [0.05, 0.1) is 23.1 Å². The number of hydrogen-bond acceptors (Lipinski definition) is 5. The second-order valence-corrected chi connectivity index (χ2v) is 5.81. The van der Waals surface area contributed by atoms with Crippen LogP contribution in [0.3, 0.4) is 0 Å². The lowest BCUT2D eigenvalue weighted by Crippen LogP contribution is -2.27. The summed E-state index contributed by atoms with van der Waals surface area (Å²) in [7, 11) is 0. The van der Waals surface area contributed by atoms with E-state index in [-0.39, 0.29) is 17.7 Å². The normalized spacial score (nSPS) is 16.0. The summed E-state index contributed by atoms with van der Waals surface area (Å²) in [5, 5.41) is 8.78. The number of thioether (sulfide) groups is 1. The monoisotopic (exact) mass is 321 g/mol. The first-order valence-corrected chi connectivity index (χ1v) is 7.64. The van der Waals surface area contributed by atoms with Crippen LogP contribution in [0.4, 0.5) is 4.79 Å². The second kappa shape index (κ2) is 6.46. The van der Waals surface area contributed by atoms with Crippen molar-refractivity contribution in [2.24, 2.45) is 0 Å². The molecule has 23 heavy (non-hydrogen) atoms. The minimum atomic E-state index is -0.343. The van der Waals surface area contributed by atoms with Crippen molar-refractivity contribution in [3.63, 3.8) is 0 Å². The van der Waals surface area contributed by atoms with Crippen LogP contribution in [0.2, 0.25) is 0 Å². The van der Waals surface area contributed by atoms with Gasteiger partial charge in [0.1, 0.15) is 0 Å². The van der Waals surface area contributed by atoms with Gasteiger partial charge in [0.25, 0.3) is 11.1 Å². The van der Waals surface area contributed by atoms with Crippen LogP contribution in [0.15, 0.2) is 53.7 Å². The number of pyridine rings is 1. The highest BCUT2D eigenvalue weighted by atomic mass is 32.2. The minimum absolute atomic E-state index is 0.0993. The molecule has 0 atom stereocenters. The molecule has 0 N–H and O–H groups in total. The molecule has 5 nitrogen and oxygen atoms in total. The lowest BCUT2D eigenvalue weighted by atomic mass is 10.1. The predicted molar refractivity (Wildman–Crippen MR) is 86.9 cm³/mol. The van der Waals surface area contributed by atoms with E-state index in [1.54, 1.807) is 54.9 Å². The Balaban J connectivity index is 1.85. The Morgan fingerprint density at radius 1 is 1.17 bits per heavy atom. The molecule has 2 heterocycles. The number of rotatable bonds is 3. The number of benzene rings is 1. The molecule has 2 aromatic rings. The number of amides is 2. The van der Waals surface area contributed by atoms with Crippen LogP contribution in [-0.2, 0) is 11.3 Å². The van der Waals surface area contributed by atoms with Gasteiger partial charge >= 0.3 is 0 Å². The molecule has 1 fully saturated rings. The van der Waals surface area contributed by atoms with Gasteiger partial charge in [-0.1, -0.05) is 18.2 Å². The van der Waals surface area contributed by atoms with Crippen LogP contribution in [0, 0.1) is 11.3 Å². The Morgan fingerprint density at radius 3 is 2.65 bits per heavy atom. The molecule has 0 bridgehead atoms. The first-order chi connectivity index (χ1) is 11.2. The molecule has 2 amide bonds. The van der Waals surface area contributed by atoms with Crippen LogP contribution in [0.25, 0.3) is 6.08 Å². The SMILES string of the molecule is N#Cc1ccccc1CN1C(=O)S/C(=C/c2ccncc2)C1=O. The molecule has 3 rings (SSSR count). The average Bonchev–Trinajstić information content (AvgIpc) is 2.84. The maximum absolute atomic E-state index is 12.4. The molecular formula is C17H11N3O2S. The van der Waals surface area contributed by atoms with Gasteiger partial charge in [-0.05, 0) is 47.2 Å². The van der Waals surface area contributed by atoms with Crippen LogP contribution in [0.5, 0.6) is 0 Å². The van der Waals surface area contributed by atoms with Crippen molar-refractivity contribution in [3.8, 4) is 6.07 Å².